The molecule has 25 heavy (non-hydrogen) atoms. The van der Waals surface area contributed by atoms with Crippen molar-refractivity contribution in [2.75, 3.05) is 13.6 Å². The van der Waals surface area contributed by atoms with Crippen molar-refractivity contribution in [1.82, 2.24) is 19.9 Å². The van der Waals surface area contributed by atoms with Gasteiger partial charge in [-0.25, -0.2) is 4.68 Å². The van der Waals surface area contributed by atoms with E-state index in [0.29, 0.717) is 17.8 Å². The van der Waals surface area contributed by atoms with Gasteiger partial charge in [0.1, 0.15) is 0 Å². The van der Waals surface area contributed by atoms with Gasteiger partial charge in [-0.1, -0.05) is 11.3 Å². The maximum absolute atomic E-state index is 12.4. The average Bonchev–Trinajstić information content (AvgIpc) is 2.95. The minimum absolute atomic E-state index is 0.0308. The number of amides is 1. The van der Waals surface area contributed by atoms with Crippen LogP contribution in [0.5, 0.6) is 0 Å². The number of non-ortho nitro benzene ring substituents is 1. The van der Waals surface area contributed by atoms with Gasteiger partial charge < -0.3 is 10.0 Å². The number of hydrogen-bond donors (Lipinski definition) is 1. The predicted octanol–water partition coefficient (Wildman–Crippen LogP) is 1.42. The van der Waals surface area contributed by atoms with E-state index in [2.05, 4.69) is 10.3 Å². The summed E-state index contributed by atoms with van der Waals surface area (Å²) in [6, 6.07) is 5.85. The molecule has 1 N–H and O–H groups in total. The summed E-state index contributed by atoms with van der Waals surface area (Å²) < 4.78 is 1.35. The molecule has 0 atom stereocenters. The summed E-state index contributed by atoms with van der Waals surface area (Å²) in [5.41, 5.74) is 0.887. The van der Waals surface area contributed by atoms with Gasteiger partial charge in [-0.3, -0.25) is 19.7 Å². The van der Waals surface area contributed by atoms with Crippen LogP contribution in [0, 0.1) is 17.0 Å². The van der Waals surface area contributed by atoms with Crippen molar-refractivity contribution in [3.63, 3.8) is 0 Å². The van der Waals surface area contributed by atoms with Crippen molar-refractivity contribution < 1.29 is 19.6 Å². The van der Waals surface area contributed by atoms with Gasteiger partial charge in [0.2, 0.25) is 0 Å². The molecule has 0 saturated heterocycles. The van der Waals surface area contributed by atoms with E-state index in [1.807, 2.05) is 0 Å². The molecule has 0 aliphatic carbocycles. The van der Waals surface area contributed by atoms with Crippen LogP contribution in [0.3, 0.4) is 0 Å². The van der Waals surface area contributed by atoms with Crippen LogP contribution in [-0.2, 0) is 4.79 Å². The van der Waals surface area contributed by atoms with Crippen molar-refractivity contribution in [2.24, 2.45) is 0 Å². The monoisotopic (exact) mass is 347 g/mol. The highest BCUT2D eigenvalue weighted by atomic mass is 16.6. The van der Waals surface area contributed by atoms with Crippen molar-refractivity contribution in [2.45, 2.75) is 19.8 Å². The summed E-state index contributed by atoms with van der Waals surface area (Å²) in [5, 5.41) is 27.3. The molecular weight excluding hydrogens is 330 g/mol. The zero-order chi connectivity index (χ0) is 18.6. The van der Waals surface area contributed by atoms with E-state index >= 15 is 0 Å². The van der Waals surface area contributed by atoms with E-state index in [0.717, 1.165) is 0 Å². The Bertz CT molecular complexity index is 816. The first-order valence-corrected chi connectivity index (χ1v) is 7.45. The Morgan fingerprint density at radius 3 is 2.76 bits per heavy atom. The quantitative estimate of drug-likeness (QED) is 0.591. The summed E-state index contributed by atoms with van der Waals surface area (Å²) in [7, 11) is 1.55. The second-order valence-electron chi connectivity index (χ2n) is 5.44. The van der Waals surface area contributed by atoms with Crippen molar-refractivity contribution in [3.05, 3.63) is 45.8 Å². The van der Waals surface area contributed by atoms with Gasteiger partial charge in [0.25, 0.3) is 11.6 Å². The second kappa shape index (κ2) is 7.51. The number of carboxylic acids is 1. The predicted molar refractivity (Wildman–Crippen MR) is 86.6 cm³/mol. The van der Waals surface area contributed by atoms with E-state index in [1.165, 1.54) is 27.8 Å². The third-order valence-electron chi connectivity index (χ3n) is 3.61. The Morgan fingerprint density at radius 1 is 1.40 bits per heavy atom. The molecule has 0 aliphatic rings. The molecule has 0 spiro atoms. The van der Waals surface area contributed by atoms with Gasteiger partial charge in [0, 0.05) is 32.1 Å². The third-order valence-corrected chi connectivity index (χ3v) is 3.61. The molecule has 0 saturated carbocycles. The fraction of sp³-hybridized carbons (Fsp3) is 0.333. The largest absolute Gasteiger partial charge is 0.481 e. The molecule has 0 bridgehead atoms. The summed E-state index contributed by atoms with van der Waals surface area (Å²) in [6.07, 6.45) is 0.298. The van der Waals surface area contributed by atoms with Crippen LogP contribution in [0.2, 0.25) is 0 Å². The summed E-state index contributed by atoms with van der Waals surface area (Å²) >= 11 is 0. The Hall–Kier alpha value is -3.30. The molecule has 1 heterocycles. The van der Waals surface area contributed by atoms with Crippen LogP contribution in [0.1, 0.15) is 29.0 Å². The number of hydrogen-bond acceptors (Lipinski definition) is 6. The number of nitro groups is 1. The molecule has 10 nitrogen and oxygen atoms in total. The molecule has 0 fully saturated rings. The van der Waals surface area contributed by atoms with Crippen LogP contribution >= 0.6 is 0 Å². The molecule has 0 unspecified atom stereocenters. The maximum atomic E-state index is 12.4. The molecule has 132 valence electrons. The van der Waals surface area contributed by atoms with E-state index < -0.39 is 10.9 Å². The first-order valence-electron chi connectivity index (χ1n) is 7.45. The SMILES string of the molecule is Cc1c(C(=O)N(C)CCCC(=O)O)nnn1-c1cccc([N+](=O)[O-])c1. The van der Waals surface area contributed by atoms with Gasteiger partial charge in [-0.2, -0.15) is 0 Å². The smallest absolute Gasteiger partial charge is 0.303 e. The minimum atomic E-state index is -0.923. The number of carboxylic acid groups (broad SMARTS) is 1. The normalized spacial score (nSPS) is 10.5. The van der Waals surface area contributed by atoms with Crippen molar-refractivity contribution >= 4 is 17.6 Å². The first-order chi connectivity index (χ1) is 11.8. The van der Waals surface area contributed by atoms with Crippen LogP contribution in [0.25, 0.3) is 5.69 Å². The number of benzene rings is 1. The number of aromatic nitrogens is 3. The molecule has 2 rings (SSSR count). The van der Waals surface area contributed by atoms with Gasteiger partial charge >= 0.3 is 5.97 Å². The highest BCUT2D eigenvalue weighted by Gasteiger charge is 2.21. The zero-order valence-electron chi connectivity index (χ0n) is 13.7. The molecule has 1 amide bonds. The molecular formula is C15H17N5O5. The van der Waals surface area contributed by atoms with Crippen LogP contribution < -0.4 is 0 Å². The van der Waals surface area contributed by atoms with Crippen LogP contribution in [0.4, 0.5) is 5.69 Å². The van der Waals surface area contributed by atoms with Gasteiger partial charge in [-0.15, -0.1) is 5.10 Å². The lowest BCUT2D eigenvalue weighted by atomic mass is 10.2. The number of carbonyl (C=O) groups is 2. The lowest BCUT2D eigenvalue weighted by Gasteiger charge is -2.15. The standard InChI is InChI=1S/C15H17N5O5/c1-10-14(15(23)18(2)8-4-7-13(21)22)16-17-19(10)11-5-3-6-12(9-11)20(24)25/h3,5-6,9H,4,7-8H2,1-2H3,(H,21,22). The van der Waals surface area contributed by atoms with E-state index in [1.54, 1.807) is 20.0 Å². The highest BCUT2D eigenvalue weighted by molar-refractivity contribution is 5.93. The zero-order valence-corrected chi connectivity index (χ0v) is 13.7. The number of aliphatic carboxylic acids is 1. The van der Waals surface area contributed by atoms with Crippen LogP contribution in [0.15, 0.2) is 24.3 Å². The Kier molecular flexibility index (Phi) is 5.42. The molecule has 10 heteroatoms. The first kappa shape index (κ1) is 18.0. The molecule has 0 radical (unpaired) electrons. The molecule has 1 aromatic carbocycles. The maximum Gasteiger partial charge on any atom is 0.303 e. The van der Waals surface area contributed by atoms with E-state index in [9.17, 15) is 19.7 Å². The lowest BCUT2D eigenvalue weighted by Crippen LogP contribution is -2.29. The number of nitro benzene ring substituents is 1. The average molecular weight is 347 g/mol. The summed E-state index contributed by atoms with van der Waals surface area (Å²) in [4.78, 5) is 34.7. The second-order valence-corrected chi connectivity index (χ2v) is 5.44. The van der Waals surface area contributed by atoms with E-state index in [-0.39, 0.29) is 30.3 Å². The number of nitrogens with zero attached hydrogens (tertiary/aromatic N) is 5. The Labute approximate surface area is 142 Å². The highest BCUT2D eigenvalue weighted by Crippen LogP contribution is 2.18. The van der Waals surface area contributed by atoms with Gasteiger partial charge in [0.15, 0.2) is 5.69 Å². The third kappa shape index (κ3) is 4.16. The lowest BCUT2D eigenvalue weighted by molar-refractivity contribution is -0.384. The fourth-order valence-corrected chi connectivity index (χ4v) is 2.26. The minimum Gasteiger partial charge on any atom is -0.481 e. The fourth-order valence-electron chi connectivity index (χ4n) is 2.26. The number of rotatable bonds is 7. The molecule has 0 aliphatic heterocycles. The molecule has 2 aromatic rings. The Morgan fingerprint density at radius 2 is 2.12 bits per heavy atom. The topological polar surface area (TPSA) is 131 Å². The molecule has 1 aromatic heterocycles. The van der Waals surface area contributed by atoms with E-state index in [4.69, 9.17) is 5.11 Å². The van der Waals surface area contributed by atoms with Gasteiger partial charge in [-0.05, 0) is 19.4 Å². The summed E-state index contributed by atoms with van der Waals surface area (Å²) in [6.45, 7) is 1.91. The van der Waals surface area contributed by atoms with Crippen LogP contribution in [-0.4, -0.2) is 55.4 Å². The van der Waals surface area contributed by atoms with Crippen molar-refractivity contribution in [3.8, 4) is 5.69 Å². The number of carbonyl (C=O) groups excluding carboxylic acids is 1. The van der Waals surface area contributed by atoms with Crippen molar-refractivity contribution in [1.29, 1.82) is 0 Å². The summed E-state index contributed by atoms with van der Waals surface area (Å²) in [5.74, 6) is -1.31. The van der Waals surface area contributed by atoms with Gasteiger partial charge in [0.05, 0.1) is 16.3 Å². The Balaban J connectivity index is 2.20.